The van der Waals surface area contributed by atoms with E-state index in [1.165, 1.54) is 0 Å². The molecule has 100 valence electrons. The first-order valence-electron chi connectivity index (χ1n) is 6.74. The van der Waals surface area contributed by atoms with E-state index < -0.39 is 0 Å². The molecule has 19 heavy (non-hydrogen) atoms. The lowest BCUT2D eigenvalue weighted by Crippen LogP contribution is -2.56. The normalized spacial score (nSPS) is 15.9. The first-order valence-corrected chi connectivity index (χ1v) is 6.74. The van der Waals surface area contributed by atoms with Gasteiger partial charge < -0.3 is 11.1 Å². The van der Waals surface area contributed by atoms with Crippen LogP contribution in [0.2, 0.25) is 0 Å². The maximum atomic E-state index is 6.01. The predicted molar refractivity (Wildman–Crippen MR) is 76.7 cm³/mol. The summed E-state index contributed by atoms with van der Waals surface area (Å²) in [5, 5.41) is 4.23. The number of hydrogen-bond acceptors (Lipinski definition) is 5. The number of nitrogens with zero attached hydrogens (tertiary/aromatic N) is 3. The highest BCUT2D eigenvalue weighted by atomic mass is 15.2. The Balaban J connectivity index is 1.87. The Morgan fingerprint density at radius 1 is 1.32 bits per heavy atom. The molecule has 5 heteroatoms. The summed E-state index contributed by atoms with van der Waals surface area (Å²) in [6.07, 6.45) is 0. The SMILES string of the molecule is CCN(Cc1nc(N)c2ccccc2n1)C1CNC1. The number of nitrogens with one attached hydrogen (secondary N) is 1. The summed E-state index contributed by atoms with van der Waals surface area (Å²) >= 11 is 0. The average molecular weight is 257 g/mol. The molecular weight excluding hydrogens is 238 g/mol. The van der Waals surface area contributed by atoms with Gasteiger partial charge in [0, 0.05) is 24.5 Å². The molecule has 0 radical (unpaired) electrons. The van der Waals surface area contributed by atoms with E-state index in [0.717, 1.165) is 42.9 Å². The second kappa shape index (κ2) is 5.11. The Bertz CT molecular complexity index is 579. The van der Waals surface area contributed by atoms with Crippen LogP contribution in [0.1, 0.15) is 12.7 Å². The third-order valence-corrected chi connectivity index (χ3v) is 3.71. The summed E-state index contributed by atoms with van der Waals surface area (Å²) in [7, 11) is 0. The fourth-order valence-corrected chi connectivity index (χ4v) is 2.43. The minimum atomic E-state index is 0.573. The molecule has 1 saturated heterocycles. The highest BCUT2D eigenvalue weighted by molar-refractivity contribution is 5.87. The van der Waals surface area contributed by atoms with Gasteiger partial charge in [0.2, 0.25) is 0 Å². The van der Waals surface area contributed by atoms with Crippen LogP contribution in [-0.2, 0) is 6.54 Å². The first kappa shape index (κ1) is 12.3. The summed E-state index contributed by atoms with van der Waals surface area (Å²) in [6, 6.07) is 8.48. The van der Waals surface area contributed by atoms with E-state index >= 15 is 0 Å². The monoisotopic (exact) mass is 257 g/mol. The number of likely N-dealkylation sites (N-methyl/N-ethyl adjacent to an activating group) is 1. The number of para-hydroxylation sites is 1. The van der Waals surface area contributed by atoms with Crippen molar-refractivity contribution in [3.63, 3.8) is 0 Å². The lowest BCUT2D eigenvalue weighted by molar-refractivity contribution is 0.142. The van der Waals surface area contributed by atoms with Crippen LogP contribution >= 0.6 is 0 Å². The molecule has 3 N–H and O–H groups in total. The summed E-state index contributed by atoms with van der Waals surface area (Å²) in [5.74, 6) is 1.38. The number of fused-ring (bicyclic) bond motifs is 1. The van der Waals surface area contributed by atoms with Gasteiger partial charge in [0.25, 0.3) is 0 Å². The highest BCUT2D eigenvalue weighted by Gasteiger charge is 2.24. The third-order valence-electron chi connectivity index (χ3n) is 3.71. The van der Waals surface area contributed by atoms with Gasteiger partial charge in [-0.1, -0.05) is 19.1 Å². The number of hydrogen-bond donors (Lipinski definition) is 2. The van der Waals surface area contributed by atoms with Crippen LogP contribution in [0.15, 0.2) is 24.3 Å². The van der Waals surface area contributed by atoms with Crippen LogP contribution < -0.4 is 11.1 Å². The smallest absolute Gasteiger partial charge is 0.145 e. The highest BCUT2D eigenvalue weighted by Crippen LogP contribution is 2.18. The number of benzene rings is 1. The van der Waals surface area contributed by atoms with Crippen LogP contribution in [0.4, 0.5) is 5.82 Å². The topological polar surface area (TPSA) is 67.1 Å². The van der Waals surface area contributed by atoms with Gasteiger partial charge in [-0.15, -0.1) is 0 Å². The van der Waals surface area contributed by atoms with E-state index in [4.69, 9.17) is 5.73 Å². The van der Waals surface area contributed by atoms with E-state index in [-0.39, 0.29) is 0 Å². The van der Waals surface area contributed by atoms with Crippen molar-refractivity contribution in [3.8, 4) is 0 Å². The molecule has 0 aliphatic carbocycles. The molecule has 1 aliphatic heterocycles. The van der Waals surface area contributed by atoms with E-state index in [2.05, 4.69) is 27.1 Å². The maximum absolute atomic E-state index is 6.01. The van der Waals surface area contributed by atoms with E-state index in [9.17, 15) is 0 Å². The van der Waals surface area contributed by atoms with Crippen LogP contribution in [-0.4, -0.2) is 40.5 Å². The van der Waals surface area contributed by atoms with Crippen molar-refractivity contribution < 1.29 is 0 Å². The zero-order valence-corrected chi connectivity index (χ0v) is 11.1. The lowest BCUT2D eigenvalue weighted by Gasteiger charge is -2.37. The van der Waals surface area contributed by atoms with Crippen molar-refractivity contribution in [2.45, 2.75) is 19.5 Å². The van der Waals surface area contributed by atoms with Gasteiger partial charge in [0.1, 0.15) is 11.6 Å². The molecule has 2 heterocycles. The first-order chi connectivity index (χ1) is 9.28. The van der Waals surface area contributed by atoms with Crippen LogP contribution in [0.25, 0.3) is 10.9 Å². The van der Waals surface area contributed by atoms with E-state index in [0.29, 0.717) is 11.9 Å². The number of nitrogens with two attached hydrogens (primary N) is 1. The molecule has 0 amide bonds. The van der Waals surface area contributed by atoms with Crippen LogP contribution in [0.3, 0.4) is 0 Å². The van der Waals surface area contributed by atoms with E-state index in [1.54, 1.807) is 0 Å². The Hall–Kier alpha value is -1.72. The van der Waals surface area contributed by atoms with Crippen molar-refractivity contribution >= 4 is 16.7 Å². The third kappa shape index (κ3) is 2.39. The molecule has 0 unspecified atom stereocenters. The van der Waals surface area contributed by atoms with Crippen molar-refractivity contribution in [3.05, 3.63) is 30.1 Å². The zero-order valence-electron chi connectivity index (χ0n) is 11.1. The molecular formula is C14H19N5. The summed E-state index contributed by atoms with van der Waals surface area (Å²) in [4.78, 5) is 11.4. The molecule has 0 saturated carbocycles. The molecule has 1 aromatic carbocycles. The van der Waals surface area contributed by atoms with Gasteiger partial charge in [-0.25, -0.2) is 9.97 Å². The number of aromatic nitrogens is 2. The second-order valence-electron chi connectivity index (χ2n) is 4.92. The average Bonchev–Trinajstić information content (AvgIpc) is 2.36. The summed E-state index contributed by atoms with van der Waals surface area (Å²) in [6.45, 7) is 6.04. The van der Waals surface area contributed by atoms with Crippen LogP contribution in [0, 0.1) is 0 Å². The van der Waals surface area contributed by atoms with Crippen molar-refractivity contribution in [1.29, 1.82) is 0 Å². The predicted octanol–water partition coefficient (Wildman–Crippen LogP) is 1.01. The van der Waals surface area contributed by atoms with Gasteiger partial charge in [0.15, 0.2) is 0 Å². The molecule has 2 aromatic rings. The second-order valence-corrected chi connectivity index (χ2v) is 4.92. The Morgan fingerprint density at radius 3 is 2.79 bits per heavy atom. The molecule has 0 spiro atoms. The van der Waals surface area contributed by atoms with Gasteiger partial charge in [0.05, 0.1) is 12.1 Å². The number of anilines is 1. The Morgan fingerprint density at radius 2 is 2.11 bits per heavy atom. The largest absolute Gasteiger partial charge is 0.383 e. The standard InChI is InChI=1S/C14H19N5/c1-2-19(10-7-16-8-10)9-13-17-12-6-4-3-5-11(12)14(15)18-13/h3-6,10,16H,2,7-9H2,1H3,(H2,15,17,18). The molecule has 3 rings (SSSR count). The quantitative estimate of drug-likeness (QED) is 0.855. The molecule has 0 bridgehead atoms. The van der Waals surface area contributed by atoms with Gasteiger partial charge in [-0.3, -0.25) is 4.90 Å². The molecule has 5 nitrogen and oxygen atoms in total. The fourth-order valence-electron chi connectivity index (χ4n) is 2.43. The van der Waals surface area contributed by atoms with Crippen molar-refractivity contribution in [2.75, 3.05) is 25.4 Å². The molecule has 0 atom stereocenters. The minimum absolute atomic E-state index is 0.573. The van der Waals surface area contributed by atoms with E-state index in [1.807, 2.05) is 24.3 Å². The van der Waals surface area contributed by atoms with Gasteiger partial charge >= 0.3 is 0 Å². The van der Waals surface area contributed by atoms with Gasteiger partial charge in [-0.05, 0) is 18.7 Å². The molecule has 1 aromatic heterocycles. The van der Waals surface area contributed by atoms with Gasteiger partial charge in [-0.2, -0.15) is 0 Å². The maximum Gasteiger partial charge on any atom is 0.145 e. The fraction of sp³-hybridized carbons (Fsp3) is 0.429. The minimum Gasteiger partial charge on any atom is -0.383 e. The number of rotatable bonds is 4. The summed E-state index contributed by atoms with van der Waals surface area (Å²) < 4.78 is 0. The molecule has 1 fully saturated rings. The summed E-state index contributed by atoms with van der Waals surface area (Å²) in [5.41, 5.74) is 6.94. The Labute approximate surface area is 112 Å². The van der Waals surface area contributed by atoms with Crippen molar-refractivity contribution in [1.82, 2.24) is 20.2 Å². The number of nitrogen functional groups attached to an aromatic ring is 1. The zero-order chi connectivity index (χ0) is 13.2. The van der Waals surface area contributed by atoms with Crippen LogP contribution in [0.5, 0.6) is 0 Å². The Kier molecular flexibility index (Phi) is 3.31. The lowest BCUT2D eigenvalue weighted by atomic mass is 10.1. The molecule has 1 aliphatic rings. The van der Waals surface area contributed by atoms with Crippen molar-refractivity contribution in [2.24, 2.45) is 0 Å².